The fraction of sp³-hybridized carbons (Fsp3) is 0.0833. The molecule has 4 aromatic rings. The molecule has 3 aromatic carbocycles. The second-order valence-electron chi connectivity index (χ2n) is 6.78. The van der Waals surface area contributed by atoms with E-state index in [9.17, 15) is 4.79 Å². The fourth-order valence-corrected chi connectivity index (χ4v) is 4.39. The Balaban J connectivity index is 1.89. The summed E-state index contributed by atoms with van der Waals surface area (Å²) in [6.07, 6.45) is 0. The van der Waals surface area contributed by atoms with E-state index < -0.39 is 0 Å². The Morgan fingerprint density at radius 3 is 2.21 bits per heavy atom. The molecule has 0 aliphatic heterocycles. The zero-order valence-electron chi connectivity index (χ0n) is 16.1. The van der Waals surface area contributed by atoms with Gasteiger partial charge in [0.2, 0.25) is 0 Å². The summed E-state index contributed by atoms with van der Waals surface area (Å²) in [5, 5.41) is 0.594. The van der Waals surface area contributed by atoms with Crippen molar-refractivity contribution in [3.63, 3.8) is 0 Å². The summed E-state index contributed by atoms with van der Waals surface area (Å²) in [4.78, 5) is 18.8. The molecule has 4 rings (SSSR count). The van der Waals surface area contributed by atoms with Crippen LogP contribution >= 0.6 is 22.9 Å². The number of halogens is 1. The Hall–Kier alpha value is -2.95. The van der Waals surface area contributed by atoms with E-state index in [2.05, 4.69) is 48.3 Å². The minimum atomic E-state index is -0.284. The van der Waals surface area contributed by atoms with Crippen LogP contribution in [0.2, 0.25) is 5.02 Å². The van der Waals surface area contributed by atoms with Crippen LogP contribution in [0.1, 0.15) is 15.9 Å². The van der Waals surface area contributed by atoms with Crippen LogP contribution in [-0.4, -0.2) is 10.5 Å². The normalized spacial score (nSPS) is 11.6. The van der Waals surface area contributed by atoms with Crippen molar-refractivity contribution in [1.29, 1.82) is 0 Å². The van der Waals surface area contributed by atoms with E-state index in [0.29, 0.717) is 15.4 Å². The van der Waals surface area contributed by atoms with Crippen LogP contribution in [-0.2, 0) is 7.05 Å². The standard InChI is InChI=1S/C24H19ClN2OS/c1-16-8-10-17(11-9-16)21-22(18-6-4-3-5-7-18)29-24(27(21)2)26-23(28)19-12-14-20(25)15-13-19/h3-15H,1-2H3. The maximum Gasteiger partial charge on any atom is 0.279 e. The lowest BCUT2D eigenvalue weighted by molar-refractivity contribution is 0.0998. The number of carbonyl (C=O) groups is 1. The SMILES string of the molecule is Cc1ccc(-c2c(-c3ccccc3)sc(=NC(=O)c3ccc(Cl)cc3)n2C)cc1. The van der Waals surface area contributed by atoms with Gasteiger partial charge in [0, 0.05) is 17.6 Å². The van der Waals surface area contributed by atoms with E-state index in [0.717, 1.165) is 21.7 Å². The first-order valence-corrected chi connectivity index (χ1v) is 10.4. The third-order valence-corrected chi connectivity index (χ3v) is 6.11. The number of rotatable bonds is 3. The molecule has 0 fully saturated rings. The minimum absolute atomic E-state index is 0.284. The number of benzene rings is 3. The second-order valence-corrected chi connectivity index (χ2v) is 8.19. The van der Waals surface area contributed by atoms with Crippen LogP contribution in [0, 0.1) is 6.92 Å². The number of hydrogen-bond acceptors (Lipinski definition) is 2. The summed E-state index contributed by atoms with van der Waals surface area (Å²) in [6, 6.07) is 25.4. The second kappa shape index (κ2) is 8.19. The smallest absolute Gasteiger partial charge is 0.279 e. The fourth-order valence-electron chi connectivity index (χ4n) is 3.12. The van der Waals surface area contributed by atoms with Gasteiger partial charge in [0.15, 0.2) is 4.80 Å². The molecule has 0 spiro atoms. The molecular weight excluding hydrogens is 400 g/mol. The van der Waals surface area contributed by atoms with Gasteiger partial charge in [-0.1, -0.05) is 83.1 Å². The highest BCUT2D eigenvalue weighted by molar-refractivity contribution is 7.13. The van der Waals surface area contributed by atoms with Crippen molar-refractivity contribution in [3.05, 3.63) is 99.8 Å². The van der Waals surface area contributed by atoms with Gasteiger partial charge in [-0.05, 0) is 42.3 Å². The molecule has 0 aliphatic rings. The van der Waals surface area contributed by atoms with Gasteiger partial charge in [-0.3, -0.25) is 4.79 Å². The first-order chi connectivity index (χ1) is 14.0. The zero-order chi connectivity index (χ0) is 20.4. The van der Waals surface area contributed by atoms with Gasteiger partial charge < -0.3 is 4.57 Å². The maximum atomic E-state index is 12.7. The third kappa shape index (κ3) is 4.09. The first-order valence-electron chi connectivity index (χ1n) is 9.20. The molecule has 0 atom stereocenters. The number of hydrogen-bond donors (Lipinski definition) is 0. The van der Waals surface area contributed by atoms with E-state index in [-0.39, 0.29) is 5.91 Å². The highest BCUT2D eigenvalue weighted by atomic mass is 35.5. The lowest BCUT2D eigenvalue weighted by Gasteiger charge is -2.08. The quantitative estimate of drug-likeness (QED) is 0.394. The topological polar surface area (TPSA) is 34.4 Å². The highest BCUT2D eigenvalue weighted by Crippen LogP contribution is 2.34. The number of carbonyl (C=O) groups excluding carboxylic acids is 1. The van der Waals surface area contributed by atoms with Gasteiger partial charge in [0.05, 0.1) is 10.6 Å². The molecule has 29 heavy (non-hydrogen) atoms. The van der Waals surface area contributed by atoms with Crippen LogP contribution in [0.3, 0.4) is 0 Å². The molecule has 0 bridgehead atoms. The number of aromatic nitrogens is 1. The van der Waals surface area contributed by atoms with Crippen molar-refractivity contribution in [3.8, 4) is 21.7 Å². The average molecular weight is 419 g/mol. The lowest BCUT2D eigenvalue weighted by atomic mass is 10.1. The molecule has 1 amide bonds. The summed E-state index contributed by atoms with van der Waals surface area (Å²) < 4.78 is 1.99. The molecule has 0 saturated carbocycles. The number of thiazole rings is 1. The van der Waals surface area contributed by atoms with E-state index in [4.69, 9.17) is 11.6 Å². The molecule has 3 nitrogen and oxygen atoms in total. The van der Waals surface area contributed by atoms with Crippen molar-refractivity contribution in [2.45, 2.75) is 6.92 Å². The lowest BCUT2D eigenvalue weighted by Crippen LogP contribution is -2.14. The predicted octanol–water partition coefficient (Wildman–Crippen LogP) is 6.12. The van der Waals surface area contributed by atoms with Crippen LogP contribution in [0.4, 0.5) is 0 Å². The summed E-state index contributed by atoms with van der Waals surface area (Å²) in [7, 11) is 1.95. The molecule has 0 radical (unpaired) electrons. The number of amides is 1. The molecular formula is C24H19ClN2OS. The van der Waals surface area contributed by atoms with E-state index in [1.165, 1.54) is 16.9 Å². The van der Waals surface area contributed by atoms with Crippen molar-refractivity contribution in [2.24, 2.45) is 12.0 Å². The molecule has 0 N–H and O–H groups in total. The molecule has 5 heteroatoms. The summed E-state index contributed by atoms with van der Waals surface area (Å²) in [6.45, 7) is 2.07. The van der Waals surface area contributed by atoms with E-state index >= 15 is 0 Å². The van der Waals surface area contributed by atoms with E-state index in [1.54, 1.807) is 24.3 Å². The maximum absolute atomic E-state index is 12.7. The summed E-state index contributed by atoms with van der Waals surface area (Å²) in [5.41, 5.74) is 4.96. The monoisotopic (exact) mass is 418 g/mol. The summed E-state index contributed by atoms with van der Waals surface area (Å²) >= 11 is 7.44. The Morgan fingerprint density at radius 1 is 0.897 bits per heavy atom. The van der Waals surface area contributed by atoms with Crippen LogP contribution in [0.5, 0.6) is 0 Å². The van der Waals surface area contributed by atoms with Crippen LogP contribution in [0.25, 0.3) is 21.7 Å². The van der Waals surface area contributed by atoms with Gasteiger partial charge in [0.1, 0.15) is 0 Å². The molecule has 144 valence electrons. The molecule has 0 saturated heterocycles. The van der Waals surface area contributed by atoms with Gasteiger partial charge in [-0.15, -0.1) is 0 Å². The predicted molar refractivity (Wildman–Crippen MR) is 120 cm³/mol. The van der Waals surface area contributed by atoms with Crippen molar-refractivity contribution in [1.82, 2.24) is 4.57 Å². The summed E-state index contributed by atoms with van der Waals surface area (Å²) in [5.74, 6) is -0.284. The zero-order valence-corrected chi connectivity index (χ0v) is 17.7. The van der Waals surface area contributed by atoms with Gasteiger partial charge >= 0.3 is 0 Å². The molecule has 0 unspecified atom stereocenters. The Kier molecular flexibility index (Phi) is 5.47. The first kappa shape index (κ1) is 19.4. The van der Waals surface area contributed by atoms with Crippen molar-refractivity contribution >= 4 is 28.8 Å². The number of aryl methyl sites for hydroxylation is 1. The molecule has 1 heterocycles. The van der Waals surface area contributed by atoms with Crippen molar-refractivity contribution in [2.75, 3.05) is 0 Å². The van der Waals surface area contributed by atoms with Gasteiger partial charge in [-0.25, -0.2) is 0 Å². The third-order valence-electron chi connectivity index (χ3n) is 4.68. The Morgan fingerprint density at radius 2 is 1.55 bits per heavy atom. The highest BCUT2D eigenvalue weighted by Gasteiger charge is 2.16. The Labute approximate surface area is 178 Å². The molecule has 1 aromatic heterocycles. The number of nitrogens with zero attached hydrogens (tertiary/aromatic N) is 2. The van der Waals surface area contributed by atoms with Crippen molar-refractivity contribution < 1.29 is 4.79 Å². The Bertz CT molecular complexity index is 1220. The minimum Gasteiger partial charge on any atom is -0.319 e. The average Bonchev–Trinajstić information content (AvgIpc) is 3.06. The van der Waals surface area contributed by atoms with E-state index in [1.807, 2.05) is 29.8 Å². The van der Waals surface area contributed by atoms with Gasteiger partial charge in [0.25, 0.3) is 5.91 Å². The molecule has 0 aliphatic carbocycles. The van der Waals surface area contributed by atoms with Crippen LogP contribution in [0.15, 0.2) is 83.9 Å². The van der Waals surface area contributed by atoms with Crippen LogP contribution < -0.4 is 4.80 Å². The van der Waals surface area contributed by atoms with Gasteiger partial charge in [-0.2, -0.15) is 4.99 Å². The largest absolute Gasteiger partial charge is 0.319 e.